The normalized spacial score (nSPS) is 12.9. The van der Waals surface area contributed by atoms with Gasteiger partial charge in [0.1, 0.15) is 27.4 Å². The van der Waals surface area contributed by atoms with Gasteiger partial charge in [0.15, 0.2) is 0 Å². The summed E-state index contributed by atoms with van der Waals surface area (Å²) in [5.41, 5.74) is 1.22. The Balaban J connectivity index is 2.03. The van der Waals surface area contributed by atoms with Gasteiger partial charge in [-0.2, -0.15) is 5.26 Å². The molecule has 0 fully saturated rings. The minimum atomic E-state index is -0.993. The third-order valence-corrected chi connectivity index (χ3v) is 6.38. The van der Waals surface area contributed by atoms with Gasteiger partial charge in [0, 0.05) is 0 Å². The van der Waals surface area contributed by atoms with Crippen molar-refractivity contribution in [3.8, 4) is 33.0 Å². The highest BCUT2D eigenvalue weighted by atomic mass is 32.1. The molecule has 0 radical (unpaired) electrons. The Morgan fingerprint density at radius 1 is 1.25 bits per heavy atom. The number of ether oxygens (including phenoxy) is 1. The van der Waals surface area contributed by atoms with Crippen LogP contribution in [0.25, 0.3) is 21.1 Å². The van der Waals surface area contributed by atoms with Gasteiger partial charge in [-0.15, -0.1) is 22.7 Å². The summed E-state index contributed by atoms with van der Waals surface area (Å²) in [5.74, 6) is -0.579. The molecule has 0 aliphatic carbocycles. The quantitative estimate of drug-likeness (QED) is 0.495. The number of benzene rings is 1. The highest BCUT2D eigenvalue weighted by Gasteiger charge is 2.24. The Kier molecular flexibility index (Phi) is 6.45. The van der Waals surface area contributed by atoms with E-state index in [2.05, 4.69) is 11.1 Å². The van der Waals surface area contributed by atoms with Gasteiger partial charge in [-0.1, -0.05) is 32.0 Å². The van der Waals surface area contributed by atoms with Crippen molar-refractivity contribution in [3.63, 3.8) is 0 Å². The lowest BCUT2D eigenvalue weighted by Crippen LogP contribution is -2.25. The van der Waals surface area contributed by atoms with Crippen molar-refractivity contribution in [2.75, 3.05) is 0 Å². The number of hydrogen-bond donors (Lipinski definition) is 1. The average Bonchev–Trinajstić information content (AvgIpc) is 3.38. The maximum atomic E-state index is 11.7. The molecule has 3 aromatic rings. The van der Waals surface area contributed by atoms with Crippen LogP contribution in [0.15, 0.2) is 41.8 Å². The molecule has 5 nitrogen and oxygen atoms in total. The smallest absolute Gasteiger partial charge is 0.348 e. The molecule has 2 aromatic heterocycles. The van der Waals surface area contributed by atoms with Crippen LogP contribution in [0.5, 0.6) is 5.75 Å². The number of para-hydroxylation sites is 1. The number of thiazole rings is 1. The molecule has 28 heavy (non-hydrogen) atoms. The number of nitrogens with zero attached hydrogens (tertiary/aromatic N) is 2. The van der Waals surface area contributed by atoms with Crippen molar-refractivity contribution in [3.05, 3.63) is 46.7 Å². The molecular formula is C21H20N2O3S2. The number of hydrogen-bond acceptors (Lipinski definition) is 6. The molecule has 144 valence electrons. The molecule has 7 heteroatoms. The van der Waals surface area contributed by atoms with Crippen molar-refractivity contribution in [1.29, 1.82) is 5.26 Å². The molecule has 3 rings (SSSR count). The fraction of sp³-hybridized carbons (Fsp3) is 0.286. The number of aromatic carboxylic acids is 1. The van der Waals surface area contributed by atoms with E-state index in [0.717, 1.165) is 21.8 Å². The molecule has 0 saturated carbocycles. The summed E-state index contributed by atoms with van der Waals surface area (Å²) in [5, 5.41) is 21.5. The maximum absolute atomic E-state index is 11.7. The molecule has 0 aliphatic heterocycles. The van der Waals surface area contributed by atoms with Crippen LogP contribution in [0.3, 0.4) is 0 Å². The molecule has 0 amide bonds. The highest BCUT2D eigenvalue weighted by Crippen LogP contribution is 2.39. The predicted molar refractivity (Wildman–Crippen MR) is 112 cm³/mol. The maximum Gasteiger partial charge on any atom is 0.348 e. The highest BCUT2D eigenvalue weighted by molar-refractivity contribution is 7.18. The number of carbonyl (C=O) groups is 1. The summed E-state index contributed by atoms with van der Waals surface area (Å²) in [7, 11) is 0. The molecule has 2 heterocycles. The Morgan fingerprint density at radius 3 is 2.64 bits per heavy atom. The SMILES string of the molecule is CCC(C#N)C(CC)Oc1ccccc1-c1nc(-c2cccs2)c(C(=O)O)s1. The lowest BCUT2D eigenvalue weighted by Gasteiger charge is -2.22. The van der Waals surface area contributed by atoms with Gasteiger partial charge in [0.2, 0.25) is 0 Å². The van der Waals surface area contributed by atoms with E-state index in [1.807, 2.05) is 55.6 Å². The molecule has 2 atom stereocenters. The lowest BCUT2D eigenvalue weighted by molar-refractivity contribution is 0.0702. The van der Waals surface area contributed by atoms with E-state index in [1.54, 1.807) is 0 Å². The fourth-order valence-corrected chi connectivity index (χ4v) is 4.69. The summed E-state index contributed by atoms with van der Waals surface area (Å²) >= 11 is 2.60. The first kappa shape index (κ1) is 20.1. The van der Waals surface area contributed by atoms with Crippen molar-refractivity contribution >= 4 is 28.6 Å². The van der Waals surface area contributed by atoms with Crippen molar-refractivity contribution < 1.29 is 14.6 Å². The van der Waals surface area contributed by atoms with Gasteiger partial charge < -0.3 is 9.84 Å². The second-order valence-corrected chi connectivity index (χ2v) is 8.13. The van der Waals surface area contributed by atoms with Crippen LogP contribution in [0.2, 0.25) is 0 Å². The first-order chi connectivity index (χ1) is 13.6. The Bertz CT molecular complexity index is 990. The zero-order valence-electron chi connectivity index (χ0n) is 15.6. The standard InChI is InChI=1S/C21H20N2O3S2/c1-3-13(12-22)15(4-2)26-16-9-6-5-8-14(16)20-23-18(17-10-7-11-27-17)19(28-20)21(24)25/h5-11,13,15H,3-4H2,1-2H3,(H,24,25). The van der Waals surface area contributed by atoms with Gasteiger partial charge in [0.25, 0.3) is 0 Å². The van der Waals surface area contributed by atoms with Crippen molar-refractivity contribution in [2.45, 2.75) is 32.8 Å². The summed E-state index contributed by atoms with van der Waals surface area (Å²) in [6.07, 6.45) is 1.19. The topological polar surface area (TPSA) is 83.2 Å². The van der Waals surface area contributed by atoms with E-state index in [-0.39, 0.29) is 16.9 Å². The second kappa shape index (κ2) is 9.00. The second-order valence-electron chi connectivity index (χ2n) is 6.18. The average molecular weight is 413 g/mol. The largest absolute Gasteiger partial charge is 0.488 e. The van der Waals surface area contributed by atoms with Gasteiger partial charge in [-0.25, -0.2) is 9.78 Å². The summed E-state index contributed by atoms with van der Waals surface area (Å²) in [4.78, 5) is 17.4. The molecule has 1 aromatic carbocycles. The third-order valence-electron chi connectivity index (χ3n) is 4.43. The minimum absolute atomic E-state index is 0.203. The van der Waals surface area contributed by atoms with E-state index in [4.69, 9.17) is 4.74 Å². The number of carboxylic acid groups (broad SMARTS) is 1. The minimum Gasteiger partial charge on any atom is -0.488 e. The number of nitriles is 1. The first-order valence-electron chi connectivity index (χ1n) is 9.02. The van der Waals surface area contributed by atoms with Crippen molar-refractivity contribution in [2.24, 2.45) is 5.92 Å². The van der Waals surface area contributed by atoms with Crippen LogP contribution in [0.4, 0.5) is 0 Å². The van der Waals surface area contributed by atoms with Crippen LogP contribution < -0.4 is 4.74 Å². The molecule has 0 spiro atoms. The molecular weight excluding hydrogens is 392 g/mol. The molecule has 0 bridgehead atoms. The summed E-state index contributed by atoms with van der Waals surface area (Å²) in [6, 6.07) is 13.5. The Labute approximate surface area is 171 Å². The number of rotatable bonds is 8. The number of thiophene rings is 1. The van der Waals surface area contributed by atoms with Crippen LogP contribution in [0.1, 0.15) is 36.4 Å². The predicted octanol–water partition coefficient (Wildman–Crippen LogP) is 5.94. The zero-order valence-corrected chi connectivity index (χ0v) is 17.2. The summed E-state index contributed by atoms with van der Waals surface area (Å²) < 4.78 is 6.19. The molecule has 2 unspecified atom stereocenters. The zero-order chi connectivity index (χ0) is 20.1. The van der Waals surface area contributed by atoms with E-state index < -0.39 is 5.97 Å². The van der Waals surface area contributed by atoms with Crippen LogP contribution >= 0.6 is 22.7 Å². The van der Waals surface area contributed by atoms with E-state index in [1.165, 1.54) is 11.3 Å². The van der Waals surface area contributed by atoms with Crippen LogP contribution in [-0.2, 0) is 0 Å². The monoisotopic (exact) mass is 412 g/mol. The molecule has 0 saturated heterocycles. The Hall–Kier alpha value is -2.69. The molecule has 0 aliphatic rings. The van der Waals surface area contributed by atoms with Crippen molar-refractivity contribution in [1.82, 2.24) is 4.98 Å². The molecule has 1 N–H and O–H groups in total. The number of carboxylic acids is 1. The van der Waals surface area contributed by atoms with E-state index in [9.17, 15) is 15.2 Å². The van der Waals surface area contributed by atoms with Gasteiger partial charge >= 0.3 is 5.97 Å². The lowest BCUT2D eigenvalue weighted by atomic mass is 9.99. The van der Waals surface area contributed by atoms with Crippen LogP contribution in [0, 0.1) is 17.2 Å². The number of aromatic nitrogens is 1. The van der Waals surface area contributed by atoms with E-state index >= 15 is 0 Å². The fourth-order valence-electron chi connectivity index (χ4n) is 2.96. The van der Waals surface area contributed by atoms with Gasteiger partial charge in [-0.05, 0) is 36.4 Å². The van der Waals surface area contributed by atoms with Crippen LogP contribution in [-0.4, -0.2) is 22.2 Å². The van der Waals surface area contributed by atoms with Gasteiger partial charge in [-0.3, -0.25) is 0 Å². The third kappa shape index (κ3) is 4.08. The first-order valence-corrected chi connectivity index (χ1v) is 10.7. The summed E-state index contributed by atoms with van der Waals surface area (Å²) in [6.45, 7) is 3.97. The van der Waals surface area contributed by atoms with Gasteiger partial charge in [0.05, 0.1) is 22.4 Å². The Morgan fingerprint density at radius 2 is 2.04 bits per heavy atom. The van der Waals surface area contributed by atoms with E-state index in [0.29, 0.717) is 29.3 Å².